The van der Waals surface area contributed by atoms with Crippen LogP contribution >= 0.6 is 0 Å². The number of hydrogen-bond acceptors (Lipinski definition) is 6. The number of rotatable bonds is 7. The molecule has 1 unspecified atom stereocenters. The van der Waals surface area contributed by atoms with Gasteiger partial charge < -0.3 is 9.47 Å². The number of H-pyrrole nitrogens is 1. The molecule has 118 valence electrons. The van der Waals surface area contributed by atoms with Crippen molar-refractivity contribution in [1.29, 1.82) is 0 Å². The summed E-state index contributed by atoms with van der Waals surface area (Å²) in [5.41, 5.74) is -0.501. The fraction of sp³-hybridized carbons (Fsp3) is 0.467. The van der Waals surface area contributed by atoms with Crippen LogP contribution in [0.5, 0.6) is 0 Å². The SMILES string of the molecule is CCOC(=O)C(Cc1ccccc1)(OC(C)C)c1nn[nH]n1. The molecule has 2 rings (SSSR count). The average molecular weight is 304 g/mol. The summed E-state index contributed by atoms with van der Waals surface area (Å²) in [6.07, 6.45) is 0.0521. The van der Waals surface area contributed by atoms with Crippen LogP contribution in [0.4, 0.5) is 0 Å². The summed E-state index contributed by atoms with van der Waals surface area (Å²) in [4.78, 5) is 12.6. The van der Waals surface area contributed by atoms with Gasteiger partial charge in [0.25, 0.3) is 0 Å². The number of carbonyl (C=O) groups excluding carboxylic acids is 1. The van der Waals surface area contributed by atoms with Gasteiger partial charge >= 0.3 is 5.97 Å². The second-order valence-corrected chi connectivity index (χ2v) is 5.11. The minimum atomic E-state index is -1.42. The van der Waals surface area contributed by atoms with E-state index in [4.69, 9.17) is 9.47 Å². The lowest BCUT2D eigenvalue weighted by Gasteiger charge is -2.30. The predicted octanol–water partition coefficient (Wildman–Crippen LogP) is 1.63. The third kappa shape index (κ3) is 3.48. The minimum Gasteiger partial charge on any atom is -0.463 e. The number of tetrazole rings is 1. The van der Waals surface area contributed by atoms with Crippen LogP contribution in [0.2, 0.25) is 0 Å². The van der Waals surface area contributed by atoms with Gasteiger partial charge in [-0.25, -0.2) is 4.79 Å². The number of aromatic amines is 1. The largest absolute Gasteiger partial charge is 0.463 e. The van der Waals surface area contributed by atoms with Gasteiger partial charge in [-0.1, -0.05) is 35.5 Å². The first-order valence-electron chi connectivity index (χ1n) is 7.21. The van der Waals surface area contributed by atoms with Crippen LogP contribution in [0.15, 0.2) is 30.3 Å². The van der Waals surface area contributed by atoms with Crippen molar-refractivity contribution in [1.82, 2.24) is 20.6 Å². The monoisotopic (exact) mass is 304 g/mol. The zero-order valence-corrected chi connectivity index (χ0v) is 12.9. The summed E-state index contributed by atoms with van der Waals surface area (Å²) in [5, 5.41) is 13.9. The lowest BCUT2D eigenvalue weighted by molar-refractivity contribution is -0.182. The average Bonchev–Trinajstić information content (AvgIpc) is 3.02. The molecule has 0 amide bonds. The summed E-state index contributed by atoms with van der Waals surface area (Å²) in [5.74, 6) is -0.350. The van der Waals surface area contributed by atoms with Crippen molar-refractivity contribution in [2.75, 3.05) is 6.61 Å². The molecule has 0 aliphatic heterocycles. The summed E-state index contributed by atoms with van der Waals surface area (Å²) >= 11 is 0. The van der Waals surface area contributed by atoms with E-state index in [9.17, 15) is 4.79 Å². The lowest BCUT2D eigenvalue weighted by Crippen LogP contribution is -2.45. The molecule has 1 heterocycles. The maximum atomic E-state index is 12.6. The van der Waals surface area contributed by atoms with Crippen molar-refractivity contribution in [3.05, 3.63) is 41.7 Å². The summed E-state index contributed by atoms with van der Waals surface area (Å²) in [7, 11) is 0. The molecule has 0 aliphatic rings. The van der Waals surface area contributed by atoms with Gasteiger partial charge in [-0.05, 0) is 26.3 Å². The van der Waals surface area contributed by atoms with E-state index in [0.717, 1.165) is 5.56 Å². The number of benzene rings is 1. The van der Waals surface area contributed by atoms with Crippen LogP contribution in [0.1, 0.15) is 32.2 Å². The fourth-order valence-electron chi connectivity index (χ4n) is 2.25. The number of ether oxygens (including phenoxy) is 2. The van der Waals surface area contributed by atoms with Crippen LogP contribution < -0.4 is 0 Å². The van der Waals surface area contributed by atoms with E-state index < -0.39 is 11.6 Å². The standard InChI is InChI=1S/C15H20N4O3/c1-4-21-14(20)15(22-11(2)3,13-16-18-19-17-13)10-12-8-6-5-7-9-12/h5-9,11H,4,10H2,1-3H3,(H,16,17,18,19). The molecule has 0 spiro atoms. The molecule has 1 atom stereocenters. The number of carbonyl (C=O) groups is 1. The van der Waals surface area contributed by atoms with Crippen LogP contribution in [0.3, 0.4) is 0 Å². The van der Waals surface area contributed by atoms with E-state index in [1.54, 1.807) is 6.92 Å². The second kappa shape index (κ2) is 7.13. The number of esters is 1. The van der Waals surface area contributed by atoms with Crippen LogP contribution in [-0.4, -0.2) is 39.3 Å². The van der Waals surface area contributed by atoms with Crippen molar-refractivity contribution in [2.45, 2.75) is 38.9 Å². The maximum Gasteiger partial charge on any atom is 0.347 e. The highest BCUT2D eigenvalue weighted by molar-refractivity contribution is 5.80. The Hall–Kier alpha value is -2.28. The molecule has 22 heavy (non-hydrogen) atoms. The van der Waals surface area contributed by atoms with E-state index in [0.29, 0.717) is 0 Å². The Morgan fingerprint density at radius 2 is 2.05 bits per heavy atom. The molecule has 7 nitrogen and oxygen atoms in total. The molecule has 0 saturated carbocycles. The molecular weight excluding hydrogens is 284 g/mol. The molecule has 1 N–H and O–H groups in total. The van der Waals surface area contributed by atoms with E-state index in [-0.39, 0.29) is 25.0 Å². The molecule has 2 aromatic rings. The summed E-state index contributed by atoms with van der Waals surface area (Å²) in [6.45, 7) is 5.68. The Morgan fingerprint density at radius 1 is 1.32 bits per heavy atom. The van der Waals surface area contributed by atoms with Crippen molar-refractivity contribution >= 4 is 5.97 Å². The van der Waals surface area contributed by atoms with E-state index in [1.165, 1.54) is 0 Å². The summed E-state index contributed by atoms with van der Waals surface area (Å²) < 4.78 is 11.2. The predicted molar refractivity (Wildman–Crippen MR) is 78.9 cm³/mol. The zero-order chi connectivity index (χ0) is 16.0. The number of nitrogens with zero attached hydrogens (tertiary/aromatic N) is 3. The molecule has 1 aromatic heterocycles. The van der Waals surface area contributed by atoms with Crippen LogP contribution in [0.25, 0.3) is 0 Å². The van der Waals surface area contributed by atoms with Gasteiger partial charge in [0.15, 0.2) is 0 Å². The highest BCUT2D eigenvalue weighted by atomic mass is 16.6. The van der Waals surface area contributed by atoms with E-state index in [1.807, 2.05) is 44.2 Å². The Kier molecular flexibility index (Phi) is 5.21. The topological polar surface area (TPSA) is 90.0 Å². The Balaban J connectivity index is 2.46. The molecule has 1 aromatic carbocycles. The lowest BCUT2D eigenvalue weighted by atomic mass is 9.93. The first-order valence-corrected chi connectivity index (χ1v) is 7.21. The van der Waals surface area contributed by atoms with Crippen LogP contribution in [-0.2, 0) is 26.3 Å². The molecular formula is C15H20N4O3. The smallest absolute Gasteiger partial charge is 0.347 e. The van der Waals surface area contributed by atoms with Gasteiger partial charge in [0.2, 0.25) is 11.4 Å². The van der Waals surface area contributed by atoms with Gasteiger partial charge in [-0.2, -0.15) is 5.21 Å². The fourth-order valence-corrected chi connectivity index (χ4v) is 2.25. The zero-order valence-electron chi connectivity index (χ0n) is 12.9. The van der Waals surface area contributed by atoms with Gasteiger partial charge in [0.05, 0.1) is 12.7 Å². The molecule has 0 fully saturated rings. The third-order valence-electron chi connectivity index (χ3n) is 3.04. The summed E-state index contributed by atoms with van der Waals surface area (Å²) in [6, 6.07) is 9.54. The Bertz CT molecular complexity index is 586. The first kappa shape index (κ1) is 16.1. The van der Waals surface area contributed by atoms with Crippen molar-refractivity contribution < 1.29 is 14.3 Å². The number of nitrogens with one attached hydrogen (secondary N) is 1. The van der Waals surface area contributed by atoms with Gasteiger partial charge in [0.1, 0.15) is 0 Å². The quantitative estimate of drug-likeness (QED) is 0.782. The highest BCUT2D eigenvalue weighted by Gasteiger charge is 2.48. The molecule has 0 saturated heterocycles. The molecule has 7 heteroatoms. The minimum absolute atomic E-state index is 0.170. The van der Waals surface area contributed by atoms with Crippen molar-refractivity contribution in [3.63, 3.8) is 0 Å². The highest BCUT2D eigenvalue weighted by Crippen LogP contribution is 2.30. The molecule has 0 aliphatic carbocycles. The van der Waals surface area contributed by atoms with E-state index >= 15 is 0 Å². The second-order valence-electron chi connectivity index (χ2n) is 5.11. The van der Waals surface area contributed by atoms with Gasteiger partial charge in [-0.3, -0.25) is 0 Å². The first-order chi connectivity index (χ1) is 10.6. The van der Waals surface area contributed by atoms with Crippen molar-refractivity contribution in [2.24, 2.45) is 0 Å². The van der Waals surface area contributed by atoms with Gasteiger partial charge in [-0.15, -0.1) is 10.2 Å². The Morgan fingerprint density at radius 3 is 2.59 bits per heavy atom. The number of hydrogen-bond donors (Lipinski definition) is 1. The van der Waals surface area contributed by atoms with Crippen molar-refractivity contribution in [3.8, 4) is 0 Å². The molecule has 0 bridgehead atoms. The third-order valence-corrected chi connectivity index (χ3v) is 3.04. The normalized spacial score (nSPS) is 13.8. The molecule has 0 radical (unpaired) electrons. The van der Waals surface area contributed by atoms with Gasteiger partial charge in [0, 0.05) is 6.42 Å². The van der Waals surface area contributed by atoms with Crippen LogP contribution in [0, 0.1) is 0 Å². The van der Waals surface area contributed by atoms with E-state index in [2.05, 4.69) is 20.6 Å². The Labute approximate surface area is 129 Å². The number of aromatic nitrogens is 4. The maximum absolute atomic E-state index is 12.6.